The van der Waals surface area contributed by atoms with Gasteiger partial charge in [0.05, 0.1) is 5.52 Å². The number of nitrogens with zero attached hydrogens (tertiary/aromatic N) is 1. The molecule has 0 N–H and O–H groups in total. The first-order chi connectivity index (χ1) is 9.93. The number of aromatic nitrogens is 1. The molecule has 0 unspecified atom stereocenters. The standard InChI is InChI=1S/C19H19N/c1-2-4-9-16-14(7-3-1)11-12-18-19(16)17-10-6-5-8-15(17)13-20-18/h5-6,8,10-13H,1-4,7,9H2. The molecule has 0 radical (unpaired) electrons. The zero-order valence-corrected chi connectivity index (χ0v) is 11.7. The topological polar surface area (TPSA) is 12.9 Å². The predicted molar refractivity (Wildman–Crippen MR) is 85.1 cm³/mol. The minimum atomic E-state index is 1.16. The van der Waals surface area contributed by atoms with E-state index in [0.717, 1.165) is 5.52 Å². The Labute approximate surface area is 119 Å². The molecule has 0 spiro atoms. The van der Waals surface area contributed by atoms with Gasteiger partial charge in [0.1, 0.15) is 0 Å². The summed E-state index contributed by atoms with van der Waals surface area (Å²) in [5.74, 6) is 0. The molecule has 1 heteroatoms. The molecule has 1 aliphatic carbocycles. The first-order valence-electron chi connectivity index (χ1n) is 7.72. The van der Waals surface area contributed by atoms with E-state index in [1.807, 2.05) is 6.20 Å². The van der Waals surface area contributed by atoms with Crippen LogP contribution in [0, 0.1) is 0 Å². The summed E-state index contributed by atoms with van der Waals surface area (Å²) in [5, 5.41) is 4.04. The molecule has 0 fully saturated rings. The average molecular weight is 261 g/mol. The molecular formula is C19H19N. The third-order valence-electron chi connectivity index (χ3n) is 4.58. The Balaban J connectivity index is 2.09. The normalized spacial score (nSPS) is 15.8. The maximum atomic E-state index is 4.67. The first-order valence-corrected chi connectivity index (χ1v) is 7.72. The molecule has 0 aliphatic heterocycles. The van der Waals surface area contributed by atoms with Crippen LogP contribution in [0.5, 0.6) is 0 Å². The molecule has 1 heterocycles. The maximum absolute atomic E-state index is 4.67. The van der Waals surface area contributed by atoms with Gasteiger partial charge in [-0.2, -0.15) is 0 Å². The van der Waals surface area contributed by atoms with Gasteiger partial charge in [-0.05, 0) is 48.3 Å². The summed E-state index contributed by atoms with van der Waals surface area (Å²) in [6, 6.07) is 13.2. The molecule has 0 atom stereocenters. The monoisotopic (exact) mass is 261 g/mol. The summed E-state index contributed by atoms with van der Waals surface area (Å²) in [6.45, 7) is 0. The van der Waals surface area contributed by atoms with Crippen molar-refractivity contribution in [1.29, 1.82) is 0 Å². The van der Waals surface area contributed by atoms with E-state index in [1.54, 1.807) is 11.1 Å². The van der Waals surface area contributed by atoms with Crippen LogP contribution in [0.4, 0.5) is 0 Å². The van der Waals surface area contributed by atoms with Crippen molar-refractivity contribution in [3.05, 3.63) is 53.7 Å². The van der Waals surface area contributed by atoms with Gasteiger partial charge in [0.15, 0.2) is 0 Å². The summed E-state index contributed by atoms with van der Waals surface area (Å²) in [4.78, 5) is 4.67. The van der Waals surface area contributed by atoms with Gasteiger partial charge in [-0.15, -0.1) is 0 Å². The van der Waals surface area contributed by atoms with Crippen molar-refractivity contribution in [1.82, 2.24) is 4.98 Å². The maximum Gasteiger partial charge on any atom is 0.0711 e. The Kier molecular flexibility index (Phi) is 2.91. The van der Waals surface area contributed by atoms with Crippen molar-refractivity contribution >= 4 is 21.7 Å². The SMILES string of the molecule is c1ccc2c(c1)cnc1ccc3c(c12)CCCCCC3. The zero-order valence-electron chi connectivity index (χ0n) is 11.7. The van der Waals surface area contributed by atoms with Crippen LogP contribution >= 0.6 is 0 Å². The van der Waals surface area contributed by atoms with Gasteiger partial charge in [-0.3, -0.25) is 4.98 Å². The van der Waals surface area contributed by atoms with E-state index in [4.69, 9.17) is 0 Å². The van der Waals surface area contributed by atoms with Gasteiger partial charge < -0.3 is 0 Å². The fourth-order valence-corrected chi connectivity index (χ4v) is 3.55. The van der Waals surface area contributed by atoms with Crippen LogP contribution in [0.15, 0.2) is 42.6 Å². The molecule has 1 aliphatic rings. The molecule has 0 saturated carbocycles. The Bertz CT molecular complexity index is 773. The minimum absolute atomic E-state index is 1.16. The van der Waals surface area contributed by atoms with Crippen LogP contribution in [-0.4, -0.2) is 4.98 Å². The number of rotatable bonds is 0. The molecule has 100 valence electrons. The third kappa shape index (κ3) is 1.89. The van der Waals surface area contributed by atoms with Crippen LogP contribution in [0.25, 0.3) is 21.7 Å². The Morgan fingerprint density at radius 3 is 2.60 bits per heavy atom. The Morgan fingerprint density at radius 1 is 0.800 bits per heavy atom. The predicted octanol–water partition coefficient (Wildman–Crippen LogP) is 5.05. The number of aryl methyl sites for hydroxylation is 2. The van der Waals surface area contributed by atoms with E-state index in [-0.39, 0.29) is 0 Å². The highest BCUT2D eigenvalue weighted by Gasteiger charge is 2.13. The number of hydrogen-bond acceptors (Lipinski definition) is 1. The molecule has 1 aromatic heterocycles. The van der Waals surface area contributed by atoms with Crippen molar-refractivity contribution in [2.75, 3.05) is 0 Å². The number of hydrogen-bond donors (Lipinski definition) is 0. The average Bonchev–Trinajstić information content (AvgIpc) is 2.47. The number of benzene rings is 2. The Morgan fingerprint density at radius 2 is 1.65 bits per heavy atom. The molecule has 20 heavy (non-hydrogen) atoms. The van der Waals surface area contributed by atoms with E-state index in [2.05, 4.69) is 41.4 Å². The van der Waals surface area contributed by atoms with E-state index in [0.29, 0.717) is 0 Å². The zero-order chi connectivity index (χ0) is 13.4. The molecule has 3 aromatic rings. The molecule has 2 aromatic carbocycles. The lowest BCUT2D eigenvalue weighted by Gasteiger charge is -2.17. The summed E-state index contributed by atoms with van der Waals surface area (Å²) in [7, 11) is 0. The second-order valence-electron chi connectivity index (χ2n) is 5.86. The molecule has 1 nitrogen and oxygen atoms in total. The lowest BCUT2D eigenvalue weighted by Crippen LogP contribution is -2.01. The molecule has 4 rings (SSSR count). The lowest BCUT2D eigenvalue weighted by molar-refractivity contribution is 0.619. The summed E-state index contributed by atoms with van der Waals surface area (Å²) < 4.78 is 0. The van der Waals surface area contributed by atoms with Crippen LogP contribution in [0.1, 0.15) is 36.8 Å². The molecule has 0 amide bonds. The highest BCUT2D eigenvalue weighted by Crippen LogP contribution is 2.32. The lowest BCUT2D eigenvalue weighted by atomic mass is 9.89. The second kappa shape index (κ2) is 4.90. The summed E-state index contributed by atoms with van der Waals surface area (Å²) in [6.07, 6.45) is 9.84. The van der Waals surface area contributed by atoms with Gasteiger partial charge in [0.25, 0.3) is 0 Å². The number of fused-ring (bicyclic) bond motifs is 5. The molecule has 0 saturated heterocycles. The van der Waals surface area contributed by atoms with Crippen molar-refractivity contribution in [3.63, 3.8) is 0 Å². The van der Waals surface area contributed by atoms with Gasteiger partial charge in [0, 0.05) is 17.0 Å². The van der Waals surface area contributed by atoms with Crippen molar-refractivity contribution in [2.24, 2.45) is 0 Å². The fraction of sp³-hybridized carbons (Fsp3) is 0.316. The van der Waals surface area contributed by atoms with Crippen molar-refractivity contribution < 1.29 is 0 Å². The van der Waals surface area contributed by atoms with Gasteiger partial charge in [0.2, 0.25) is 0 Å². The van der Waals surface area contributed by atoms with Crippen LogP contribution in [0.2, 0.25) is 0 Å². The van der Waals surface area contributed by atoms with Crippen LogP contribution in [0.3, 0.4) is 0 Å². The first kappa shape index (κ1) is 11.9. The highest BCUT2D eigenvalue weighted by molar-refractivity contribution is 6.07. The van der Waals surface area contributed by atoms with E-state index in [9.17, 15) is 0 Å². The summed E-state index contributed by atoms with van der Waals surface area (Å²) in [5.41, 5.74) is 4.27. The summed E-state index contributed by atoms with van der Waals surface area (Å²) >= 11 is 0. The molecule has 0 bridgehead atoms. The number of pyridine rings is 1. The molecular weight excluding hydrogens is 242 g/mol. The van der Waals surface area contributed by atoms with Gasteiger partial charge in [-0.1, -0.05) is 43.2 Å². The largest absolute Gasteiger partial charge is 0.256 e. The van der Waals surface area contributed by atoms with E-state index >= 15 is 0 Å². The van der Waals surface area contributed by atoms with Crippen LogP contribution < -0.4 is 0 Å². The van der Waals surface area contributed by atoms with Crippen molar-refractivity contribution in [2.45, 2.75) is 38.5 Å². The van der Waals surface area contributed by atoms with Gasteiger partial charge >= 0.3 is 0 Å². The third-order valence-corrected chi connectivity index (χ3v) is 4.58. The van der Waals surface area contributed by atoms with Gasteiger partial charge in [-0.25, -0.2) is 0 Å². The second-order valence-corrected chi connectivity index (χ2v) is 5.86. The fourth-order valence-electron chi connectivity index (χ4n) is 3.55. The smallest absolute Gasteiger partial charge is 0.0711 e. The van der Waals surface area contributed by atoms with E-state index in [1.165, 1.54) is 54.7 Å². The van der Waals surface area contributed by atoms with Crippen molar-refractivity contribution in [3.8, 4) is 0 Å². The van der Waals surface area contributed by atoms with E-state index < -0.39 is 0 Å². The highest BCUT2D eigenvalue weighted by atomic mass is 14.6. The van der Waals surface area contributed by atoms with Crippen LogP contribution in [-0.2, 0) is 12.8 Å². The Hall–Kier alpha value is -1.89. The minimum Gasteiger partial charge on any atom is -0.256 e. The quantitative estimate of drug-likeness (QED) is 0.516.